The van der Waals surface area contributed by atoms with Crippen LogP contribution in [0.5, 0.6) is 0 Å². The van der Waals surface area contributed by atoms with Crippen molar-refractivity contribution in [2.75, 3.05) is 25.4 Å². The molecule has 0 aromatic heterocycles. The maximum Gasteiger partial charge on any atom is 0.317 e. The van der Waals surface area contributed by atoms with Crippen LogP contribution >= 0.6 is 11.8 Å². The number of likely N-dealkylation sites (tertiary alicyclic amines) is 1. The number of carbonyl (C=O) groups is 2. The topological polar surface area (TPSA) is 69.6 Å². The van der Waals surface area contributed by atoms with Gasteiger partial charge in [-0.1, -0.05) is 18.2 Å². The fraction of sp³-hybridized carbons (Fsp3) is 0.467. The van der Waals surface area contributed by atoms with Crippen molar-refractivity contribution in [1.82, 2.24) is 10.2 Å². The Morgan fingerprint density at radius 1 is 1.24 bits per heavy atom. The molecular weight excluding hydrogens is 288 g/mol. The summed E-state index contributed by atoms with van der Waals surface area (Å²) in [5.74, 6) is -0.238. The van der Waals surface area contributed by atoms with Gasteiger partial charge in [0.2, 0.25) is 0 Å². The van der Waals surface area contributed by atoms with Crippen LogP contribution in [0.2, 0.25) is 0 Å². The molecule has 1 aromatic rings. The van der Waals surface area contributed by atoms with Gasteiger partial charge in [-0.05, 0) is 25.0 Å². The maximum absolute atomic E-state index is 11.9. The van der Waals surface area contributed by atoms with E-state index < -0.39 is 5.97 Å². The second-order valence-corrected chi connectivity index (χ2v) is 6.16. The number of piperidine rings is 1. The zero-order chi connectivity index (χ0) is 15.1. The van der Waals surface area contributed by atoms with Crippen LogP contribution in [-0.2, 0) is 4.79 Å². The molecule has 2 rings (SSSR count). The summed E-state index contributed by atoms with van der Waals surface area (Å²) in [5.41, 5.74) is 0. The molecule has 0 saturated carbocycles. The number of amides is 2. The highest BCUT2D eigenvalue weighted by molar-refractivity contribution is 7.99. The number of carbonyl (C=O) groups excluding carboxylic acids is 1. The normalized spacial score (nSPS) is 15.7. The lowest BCUT2D eigenvalue weighted by molar-refractivity contribution is -0.143. The van der Waals surface area contributed by atoms with Gasteiger partial charge in [-0.2, -0.15) is 0 Å². The van der Waals surface area contributed by atoms with Crippen molar-refractivity contribution in [3.8, 4) is 0 Å². The van der Waals surface area contributed by atoms with Gasteiger partial charge < -0.3 is 15.3 Å². The lowest BCUT2D eigenvalue weighted by atomic mass is 9.97. The predicted molar refractivity (Wildman–Crippen MR) is 82.5 cm³/mol. The van der Waals surface area contributed by atoms with Crippen LogP contribution < -0.4 is 5.32 Å². The highest BCUT2D eigenvalue weighted by atomic mass is 32.2. The monoisotopic (exact) mass is 308 g/mol. The first kappa shape index (κ1) is 15.7. The van der Waals surface area contributed by atoms with Crippen LogP contribution in [0.3, 0.4) is 0 Å². The number of nitrogens with one attached hydrogen (secondary N) is 1. The molecule has 1 aliphatic heterocycles. The first-order valence-electron chi connectivity index (χ1n) is 7.10. The molecule has 0 bridgehead atoms. The van der Waals surface area contributed by atoms with Crippen molar-refractivity contribution in [2.24, 2.45) is 5.92 Å². The number of carboxylic acids is 1. The average molecular weight is 308 g/mol. The van der Waals surface area contributed by atoms with E-state index in [-0.39, 0.29) is 11.9 Å². The minimum absolute atomic E-state index is 0.0903. The van der Waals surface area contributed by atoms with Crippen LogP contribution in [-0.4, -0.2) is 47.4 Å². The van der Waals surface area contributed by atoms with Crippen molar-refractivity contribution in [3.05, 3.63) is 30.3 Å². The van der Waals surface area contributed by atoms with Gasteiger partial charge in [-0.3, -0.25) is 4.79 Å². The first-order valence-corrected chi connectivity index (χ1v) is 8.09. The highest BCUT2D eigenvalue weighted by Crippen LogP contribution is 2.18. The second kappa shape index (κ2) is 7.93. The van der Waals surface area contributed by atoms with E-state index >= 15 is 0 Å². The van der Waals surface area contributed by atoms with Crippen LogP contribution in [0.1, 0.15) is 12.8 Å². The molecule has 1 heterocycles. The molecule has 1 aromatic carbocycles. The van der Waals surface area contributed by atoms with Crippen LogP contribution in [0.15, 0.2) is 35.2 Å². The minimum atomic E-state index is -0.755. The highest BCUT2D eigenvalue weighted by Gasteiger charge is 2.26. The summed E-state index contributed by atoms with van der Waals surface area (Å²) < 4.78 is 0. The number of hydrogen-bond acceptors (Lipinski definition) is 3. The Balaban J connectivity index is 1.63. The molecule has 0 aliphatic carbocycles. The maximum atomic E-state index is 11.9. The van der Waals surface area contributed by atoms with Crippen LogP contribution in [0, 0.1) is 5.92 Å². The van der Waals surface area contributed by atoms with E-state index in [0.717, 1.165) is 5.75 Å². The molecule has 21 heavy (non-hydrogen) atoms. The van der Waals surface area contributed by atoms with Crippen molar-refractivity contribution < 1.29 is 14.7 Å². The molecule has 5 nitrogen and oxygen atoms in total. The molecule has 2 N–H and O–H groups in total. The molecular formula is C15H20N2O3S. The summed E-state index contributed by atoms with van der Waals surface area (Å²) in [6.07, 6.45) is 1.09. The molecule has 6 heteroatoms. The van der Waals surface area contributed by atoms with Crippen molar-refractivity contribution in [1.29, 1.82) is 0 Å². The van der Waals surface area contributed by atoms with Gasteiger partial charge in [0.15, 0.2) is 0 Å². The molecule has 1 saturated heterocycles. The van der Waals surface area contributed by atoms with Gasteiger partial charge >= 0.3 is 12.0 Å². The van der Waals surface area contributed by atoms with Gasteiger partial charge in [0.05, 0.1) is 5.92 Å². The van der Waals surface area contributed by atoms with Gasteiger partial charge in [0, 0.05) is 30.3 Å². The van der Waals surface area contributed by atoms with Crippen molar-refractivity contribution >= 4 is 23.8 Å². The van der Waals surface area contributed by atoms with E-state index in [9.17, 15) is 9.59 Å². The summed E-state index contributed by atoms with van der Waals surface area (Å²) in [6.45, 7) is 1.65. The quantitative estimate of drug-likeness (QED) is 0.647. The molecule has 0 atom stereocenters. The number of benzene rings is 1. The number of nitrogens with zero attached hydrogens (tertiary/aromatic N) is 1. The zero-order valence-electron chi connectivity index (χ0n) is 11.8. The molecule has 114 valence electrons. The summed E-state index contributed by atoms with van der Waals surface area (Å²) >= 11 is 1.70. The Bertz CT molecular complexity index is 473. The fourth-order valence-corrected chi connectivity index (χ4v) is 3.07. The van der Waals surface area contributed by atoms with Crippen molar-refractivity contribution in [3.63, 3.8) is 0 Å². The van der Waals surface area contributed by atoms with E-state index in [1.54, 1.807) is 16.7 Å². The summed E-state index contributed by atoms with van der Waals surface area (Å²) in [7, 11) is 0. The SMILES string of the molecule is O=C(O)C1CCN(C(=O)NCCSc2ccccc2)CC1. The molecule has 0 unspecified atom stereocenters. The molecule has 2 amide bonds. The minimum Gasteiger partial charge on any atom is -0.481 e. The zero-order valence-corrected chi connectivity index (χ0v) is 12.6. The summed E-state index contributed by atoms with van der Waals surface area (Å²) in [4.78, 5) is 25.7. The second-order valence-electron chi connectivity index (χ2n) is 4.99. The number of thioether (sulfide) groups is 1. The standard InChI is InChI=1S/C15H20N2O3S/c18-14(19)12-6-9-17(10-7-12)15(20)16-8-11-21-13-4-2-1-3-5-13/h1-5,12H,6-11H2,(H,16,20)(H,18,19). The van der Waals surface area contributed by atoms with Crippen molar-refractivity contribution in [2.45, 2.75) is 17.7 Å². The molecule has 0 radical (unpaired) electrons. The Labute approximate surface area is 128 Å². The van der Waals surface area contributed by atoms with E-state index in [1.807, 2.05) is 30.3 Å². The smallest absolute Gasteiger partial charge is 0.317 e. The Morgan fingerprint density at radius 2 is 1.90 bits per heavy atom. The number of aliphatic carboxylic acids is 1. The Hall–Kier alpha value is -1.69. The van der Waals surface area contributed by atoms with Gasteiger partial charge in [0.25, 0.3) is 0 Å². The Kier molecular flexibility index (Phi) is 5.92. The van der Waals surface area contributed by atoms with E-state index in [2.05, 4.69) is 5.32 Å². The first-order chi connectivity index (χ1) is 10.2. The third-order valence-electron chi connectivity index (χ3n) is 3.52. The predicted octanol–water partition coefficient (Wildman–Crippen LogP) is 2.28. The fourth-order valence-electron chi connectivity index (χ4n) is 2.28. The number of hydrogen-bond donors (Lipinski definition) is 2. The van der Waals surface area contributed by atoms with E-state index in [0.29, 0.717) is 32.5 Å². The summed E-state index contributed by atoms with van der Waals surface area (Å²) in [5, 5.41) is 11.8. The number of carboxylic acid groups (broad SMARTS) is 1. The van der Waals surface area contributed by atoms with E-state index in [1.165, 1.54) is 4.90 Å². The van der Waals surface area contributed by atoms with Crippen LogP contribution in [0.25, 0.3) is 0 Å². The van der Waals surface area contributed by atoms with Gasteiger partial charge in [-0.15, -0.1) is 11.8 Å². The largest absolute Gasteiger partial charge is 0.481 e. The number of urea groups is 1. The number of rotatable bonds is 5. The lowest BCUT2D eigenvalue weighted by Crippen LogP contribution is -2.45. The third kappa shape index (κ3) is 4.97. The lowest BCUT2D eigenvalue weighted by Gasteiger charge is -2.30. The van der Waals surface area contributed by atoms with Gasteiger partial charge in [0.1, 0.15) is 0 Å². The Morgan fingerprint density at radius 3 is 2.52 bits per heavy atom. The van der Waals surface area contributed by atoms with Crippen LogP contribution in [0.4, 0.5) is 4.79 Å². The van der Waals surface area contributed by atoms with Gasteiger partial charge in [-0.25, -0.2) is 4.79 Å². The van der Waals surface area contributed by atoms with E-state index in [4.69, 9.17) is 5.11 Å². The third-order valence-corrected chi connectivity index (χ3v) is 4.54. The average Bonchev–Trinajstić information content (AvgIpc) is 2.52. The molecule has 0 spiro atoms. The molecule has 1 aliphatic rings. The summed E-state index contributed by atoms with van der Waals surface area (Å²) in [6, 6.07) is 9.97. The molecule has 1 fully saturated rings.